The van der Waals surface area contributed by atoms with Crippen molar-refractivity contribution in [3.8, 4) is 0 Å². The summed E-state index contributed by atoms with van der Waals surface area (Å²) in [6, 6.07) is 1.65. The molecule has 1 unspecified atom stereocenters. The highest BCUT2D eigenvalue weighted by Crippen LogP contribution is 2.20. The number of hydrogen-bond acceptors (Lipinski definition) is 3. The Labute approximate surface area is 155 Å². The fraction of sp³-hybridized carbons (Fsp3) is 0.471. The van der Waals surface area contributed by atoms with Gasteiger partial charge in [0.15, 0.2) is 6.04 Å². The molecule has 26 heavy (non-hydrogen) atoms. The third kappa shape index (κ3) is 5.87. The Morgan fingerprint density at radius 3 is 2.54 bits per heavy atom. The van der Waals surface area contributed by atoms with Gasteiger partial charge in [-0.3, -0.25) is 4.79 Å². The Hall–Kier alpha value is -2.35. The lowest BCUT2D eigenvalue weighted by Crippen LogP contribution is -2.47. The van der Waals surface area contributed by atoms with Gasteiger partial charge in [0.05, 0.1) is 11.6 Å². The van der Waals surface area contributed by atoms with E-state index in [-0.39, 0.29) is 16.6 Å². The fourth-order valence-electron chi connectivity index (χ4n) is 2.84. The summed E-state index contributed by atoms with van der Waals surface area (Å²) in [6.07, 6.45) is 5.09. The summed E-state index contributed by atoms with van der Waals surface area (Å²) in [4.78, 5) is 35.1. The average molecular weight is 386 g/mol. The van der Waals surface area contributed by atoms with Crippen LogP contribution in [0.15, 0.2) is 18.2 Å². The molecule has 1 atom stereocenters. The van der Waals surface area contributed by atoms with Crippen LogP contribution < -0.4 is 16.0 Å². The molecule has 3 amide bonds. The van der Waals surface area contributed by atoms with E-state index in [1.165, 1.54) is 12.1 Å². The largest absolute Gasteiger partial charge is 0.479 e. The molecule has 2 rings (SSSR count). The summed E-state index contributed by atoms with van der Waals surface area (Å²) >= 11 is 5.57. The molecule has 0 radical (unpaired) electrons. The van der Waals surface area contributed by atoms with Gasteiger partial charge < -0.3 is 21.1 Å². The molecule has 1 aliphatic carbocycles. The van der Waals surface area contributed by atoms with E-state index in [9.17, 15) is 23.9 Å². The quantitative estimate of drug-likeness (QED) is 0.602. The topological polar surface area (TPSA) is 108 Å². The summed E-state index contributed by atoms with van der Waals surface area (Å²) < 4.78 is 13.5. The van der Waals surface area contributed by atoms with Crippen LogP contribution in [0.25, 0.3) is 0 Å². The molecule has 1 saturated carbocycles. The van der Waals surface area contributed by atoms with Gasteiger partial charge in [-0.15, -0.1) is 0 Å². The third-order valence-corrected chi connectivity index (χ3v) is 4.49. The van der Waals surface area contributed by atoms with E-state index in [2.05, 4.69) is 16.0 Å². The molecule has 142 valence electrons. The zero-order valence-corrected chi connectivity index (χ0v) is 14.8. The monoisotopic (exact) mass is 385 g/mol. The Morgan fingerprint density at radius 2 is 1.92 bits per heavy atom. The number of carbonyl (C=O) groups excluding carboxylic acids is 2. The number of carbonyl (C=O) groups is 3. The van der Waals surface area contributed by atoms with Crippen LogP contribution in [0.5, 0.6) is 0 Å². The minimum Gasteiger partial charge on any atom is -0.479 e. The molecule has 7 nitrogen and oxygen atoms in total. The van der Waals surface area contributed by atoms with Crippen molar-refractivity contribution in [1.82, 2.24) is 16.0 Å². The van der Waals surface area contributed by atoms with Crippen molar-refractivity contribution in [2.24, 2.45) is 0 Å². The normalized spacial score (nSPS) is 15.8. The number of nitrogens with one attached hydrogen (secondary N) is 3. The van der Waals surface area contributed by atoms with Gasteiger partial charge >= 0.3 is 12.0 Å². The van der Waals surface area contributed by atoms with Crippen molar-refractivity contribution in [1.29, 1.82) is 0 Å². The van der Waals surface area contributed by atoms with E-state index in [1.807, 2.05) is 0 Å². The first-order chi connectivity index (χ1) is 12.4. The van der Waals surface area contributed by atoms with Crippen molar-refractivity contribution >= 4 is 29.5 Å². The first kappa shape index (κ1) is 20.0. The van der Waals surface area contributed by atoms with Crippen LogP contribution in [0.1, 0.15) is 43.7 Å². The van der Waals surface area contributed by atoms with Crippen LogP contribution in [-0.4, -0.2) is 35.6 Å². The average Bonchev–Trinajstić information content (AvgIpc) is 2.61. The number of hydrogen-bond donors (Lipinski definition) is 4. The standard InChI is InChI=1S/C17H21ClFN3O4/c18-12-7-6-10(8-13(12)19)15(16(24)25)22-14(23)9-20-17(26)21-11-4-2-1-3-5-11/h6-8,11,15H,1-5,9H2,(H,22,23)(H,24,25)(H2,20,21,26). The van der Waals surface area contributed by atoms with Crippen LogP contribution in [-0.2, 0) is 9.59 Å². The summed E-state index contributed by atoms with van der Waals surface area (Å²) in [5.41, 5.74) is 0.0411. The summed E-state index contributed by atoms with van der Waals surface area (Å²) in [6.45, 7) is -0.390. The molecule has 0 aliphatic heterocycles. The molecule has 4 N–H and O–H groups in total. The second kappa shape index (κ2) is 9.38. The van der Waals surface area contributed by atoms with Crippen molar-refractivity contribution in [3.63, 3.8) is 0 Å². The number of carboxylic acids is 1. The summed E-state index contributed by atoms with van der Waals surface area (Å²) in [5, 5.41) is 16.5. The van der Waals surface area contributed by atoms with Gasteiger partial charge in [0.25, 0.3) is 0 Å². The molecule has 0 spiro atoms. The van der Waals surface area contributed by atoms with Crippen LogP contribution in [0.3, 0.4) is 0 Å². The lowest BCUT2D eigenvalue weighted by atomic mass is 9.96. The maximum absolute atomic E-state index is 13.5. The Kier molecular flexibility index (Phi) is 7.20. The van der Waals surface area contributed by atoms with Gasteiger partial charge in [-0.2, -0.15) is 0 Å². The van der Waals surface area contributed by atoms with Crippen LogP contribution in [0, 0.1) is 5.82 Å². The van der Waals surface area contributed by atoms with E-state index in [0.29, 0.717) is 0 Å². The number of urea groups is 1. The van der Waals surface area contributed by atoms with Crippen molar-refractivity contribution in [3.05, 3.63) is 34.6 Å². The highest BCUT2D eigenvalue weighted by molar-refractivity contribution is 6.30. The summed E-state index contributed by atoms with van der Waals surface area (Å²) in [7, 11) is 0. The van der Waals surface area contributed by atoms with Crippen LogP contribution >= 0.6 is 11.6 Å². The number of rotatable bonds is 6. The van der Waals surface area contributed by atoms with Gasteiger partial charge in [-0.25, -0.2) is 14.0 Å². The van der Waals surface area contributed by atoms with E-state index >= 15 is 0 Å². The lowest BCUT2D eigenvalue weighted by Gasteiger charge is -2.23. The molecular formula is C17H21ClFN3O4. The van der Waals surface area contributed by atoms with Gasteiger partial charge in [-0.05, 0) is 30.5 Å². The van der Waals surface area contributed by atoms with E-state index in [0.717, 1.165) is 38.2 Å². The fourth-order valence-corrected chi connectivity index (χ4v) is 2.95. The molecule has 1 aromatic carbocycles. The lowest BCUT2D eigenvalue weighted by molar-refractivity contribution is -0.141. The molecule has 9 heteroatoms. The molecule has 0 aromatic heterocycles. The van der Waals surface area contributed by atoms with Gasteiger partial charge in [0, 0.05) is 6.04 Å². The highest BCUT2D eigenvalue weighted by atomic mass is 35.5. The number of carboxylic acid groups (broad SMARTS) is 1. The molecule has 0 heterocycles. The molecule has 0 saturated heterocycles. The van der Waals surface area contributed by atoms with E-state index in [1.54, 1.807) is 0 Å². The zero-order chi connectivity index (χ0) is 19.1. The van der Waals surface area contributed by atoms with Gasteiger partial charge in [-0.1, -0.05) is 36.9 Å². The maximum Gasteiger partial charge on any atom is 0.330 e. The van der Waals surface area contributed by atoms with Crippen molar-refractivity contribution in [2.45, 2.75) is 44.2 Å². The molecular weight excluding hydrogens is 365 g/mol. The predicted molar refractivity (Wildman–Crippen MR) is 93.3 cm³/mol. The molecule has 0 bridgehead atoms. The van der Waals surface area contributed by atoms with Crippen LogP contribution in [0.4, 0.5) is 9.18 Å². The SMILES string of the molecule is O=C(CNC(=O)NC1CCCCC1)NC(C(=O)O)c1ccc(Cl)c(F)c1. The number of aliphatic carboxylic acids is 1. The van der Waals surface area contributed by atoms with E-state index in [4.69, 9.17) is 11.6 Å². The minimum absolute atomic E-state index is 0.0411. The smallest absolute Gasteiger partial charge is 0.330 e. The number of benzene rings is 1. The zero-order valence-electron chi connectivity index (χ0n) is 14.1. The second-order valence-electron chi connectivity index (χ2n) is 6.17. The Morgan fingerprint density at radius 1 is 1.23 bits per heavy atom. The Balaban J connectivity index is 1.86. The molecule has 1 aliphatic rings. The molecule has 1 fully saturated rings. The molecule has 1 aromatic rings. The van der Waals surface area contributed by atoms with Gasteiger partial charge in [0.1, 0.15) is 5.82 Å². The number of halogens is 2. The van der Waals surface area contributed by atoms with Crippen molar-refractivity contribution in [2.75, 3.05) is 6.54 Å². The minimum atomic E-state index is -1.45. The van der Waals surface area contributed by atoms with Crippen molar-refractivity contribution < 1.29 is 23.9 Å². The second-order valence-corrected chi connectivity index (χ2v) is 6.58. The summed E-state index contributed by atoms with van der Waals surface area (Å²) in [5.74, 6) is -2.84. The third-order valence-electron chi connectivity index (χ3n) is 4.18. The van der Waals surface area contributed by atoms with Gasteiger partial charge in [0.2, 0.25) is 5.91 Å². The Bertz CT molecular complexity index is 680. The van der Waals surface area contributed by atoms with Crippen LogP contribution in [0.2, 0.25) is 5.02 Å². The maximum atomic E-state index is 13.5. The number of amides is 3. The van der Waals surface area contributed by atoms with E-state index < -0.39 is 36.3 Å². The first-order valence-electron chi connectivity index (χ1n) is 8.38. The first-order valence-corrected chi connectivity index (χ1v) is 8.76. The predicted octanol–water partition coefficient (Wildman–Crippen LogP) is 2.35. The highest BCUT2D eigenvalue weighted by Gasteiger charge is 2.23.